The van der Waals surface area contributed by atoms with Crippen molar-refractivity contribution < 1.29 is 38.5 Å². The van der Waals surface area contributed by atoms with Crippen LogP contribution in [0.25, 0.3) is 6.08 Å². The van der Waals surface area contributed by atoms with Crippen LogP contribution in [0.15, 0.2) is 44.9 Å². The molecule has 0 radical (unpaired) electrons. The van der Waals surface area contributed by atoms with Crippen LogP contribution in [0.3, 0.4) is 0 Å². The van der Waals surface area contributed by atoms with Gasteiger partial charge in [-0.05, 0) is 86.7 Å². The maximum atomic E-state index is 13.2. The number of halogens is 2. The van der Waals surface area contributed by atoms with Crippen LogP contribution in [0, 0.1) is 0 Å². The first-order valence-electron chi connectivity index (χ1n) is 11.3. The third-order valence-electron chi connectivity index (χ3n) is 4.97. The van der Waals surface area contributed by atoms with Gasteiger partial charge >= 0.3 is 12.0 Å². The zero-order valence-corrected chi connectivity index (χ0v) is 23.2. The molecular weight excluding hydrogens is 616 g/mol. The molecule has 1 fully saturated rings. The van der Waals surface area contributed by atoms with Gasteiger partial charge in [0.1, 0.15) is 11.3 Å². The highest BCUT2D eigenvalue weighted by atomic mass is 79.9. The summed E-state index contributed by atoms with van der Waals surface area (Å²) in [4.78, 5) is 50.0. The average molecular weight is 640 g/mol. The maximum Gasteiger partial charge on any atom is 0.341 e. The molecule has 0 aromatic heterocycles. The molecule has 2 aromatic rings. The number of aliphatic carboxylic acids is 1. The monoisotopic (exact) mass is 638 g/mol. The number of hydrogen-bond acceptors (Lipinski definition) is 7. The molecule has 37 heavy (non-hydrogen) atoms. The van der Waals surface area contributed by atoms with Gasteiger partial charge in [-0.25, -0.2) is 9.59 Å². The van der Waals surface area contributed by atoms with Crippen LogP contribution in [-0.4, -0.2) is 53.6 Å². The second-order valence-corrected chi connectivity index (χ2v) is 9.48. The molecule has 0 unspecified atom stereocenters. The normalized spacial score (nSPS) is 14.5. The van der Waals surface area contributed by atoms with E-state index in [1.165, 1.54) is 6.08 Å². The molecule has 0 bridgehead atoms. The summed E-state index contributed by atoms with van der Waals surface area (Å²) in [7, 11) is 0. The fourth-order valence-corrected chi connectivity index (χ4v) is 4.82. The third kappa shape index (κ3) is 7.10. The Morgan fingerprint density at radius 3 is 2.35 bits per heavy atom. The van der Waals surface area contributed by atoms with Gasteiger partial charge in [0.25, 0.3) is 11.8 Å². The second-order valence-electron chi connectivity index (χ2n) is 7.77. The van der Waals surface area contributed by atoms with Gasteiger partial charge in [0.15, 0.2) is 18.1 Å². The minimum absolute atomic E-state index is 0.0984. The van der Waals surface area contributed by atoms with E-state index < -0.39 is 30.4 Å². The van der Waals surface area contributed by atoms with Crippen LogP contribution >= 0.6 is 31.9 Å². The molecule has 0 saturated carbocycles. The number of ether oxygens (including phenoxy) is 3. The minimum atomic E-state index is -1.14. The number of nitrogens with one attached hydrogen (secondary N) is 1. The Morgan fingerprint density at radius 1 is 1.03 bits per heavy atom. The first-order valence-corrected chi connectivity index (χ1v) is 12.8. The maximum absolute atomic E-state index is 13.2. The second kappa shape index (κ2) is 12.7. The van der Waals surface area contributed by atoms with Gasteiger partial charge in [0.2, 0.25) is 0 Å². The molecule has 1 aliphatic rings. The topological polar surface area (TPSA) is 131 Å². The van der Waals surface area contributed by atoms with Crippen molar-refractivity contribution in [2.75, 3.05) is 19.8 Å². The average Bonchev–Trinajstić information content (AvgIpc) is 2.83. The molecule has 3 rings (SSSR count). The summed E-state index contributed by atoms with van der Waals surface area (Å²) in [5, 5.41) is 11.0. The Balaban J connectivity index is 1.87. The molecule has 0 spiro atoms. The van der Waals surface area contributed by atoms with Crippen molar-refractivity contribution in [1.82, 2.24) is 10.2 Å². The highest BCUT2D eigenvalue weighted by Gasteiger charge is 2.36. The Morgan fingerprint density at radius 2 is 1.73 bits per heavy atom. The van der Waals surface area contributed by atoms with E-state index in [0.717, 1.165) is 11.3 Å². The van der Waals surface area contributed by atoms with E-state index in [-0.39, 0.29) is 17.9 Å². The van der Waals surface area contributed by atoms with Gasteiger partial charge in [-0.1, -0.05) is 13.0 Å². The highest BCUT2D eigenvalue weighted by Crippen LogP contribution is 2.36. The molecule has 10 nitrogen and oxygen atoms in total. The van der Waals surface area contributed by atoms with Crippen molar-refractivity contribution in [3.63, 3.8) is 0 Å². The molecule has 1 aliphatic heterocycles. The van der Waals surface area contributed by atoms with Crippen molar-refractivity contribution in [2.24, 2.45) is 0 Å². The number of amides is 4. The SMILES string of the molecule is CCCOc1ccc(CN2C(=O)NC(=O)/C(=C\c3cc(Br)c(OCC(=O)O)c(Br)c3)C2=O)cc1OCC. The lowest BCUT2D eigenvalue weighted by Gasteiger charge is -2.26. The summed E-state index contributed by atoms with van der Waals surface area (Å²) in [6.07, 6.45) is 2.16. The summed E-state index contributed by atoms with van der Waals surface area (Å²) < 4.78 is 17.4. The number of barbiturate groups is 1. The lowest BCUT2D eigenvalue weighted by Crippen LogP contribution is -2.53. The number of carboxylic acids is 1. The van der Waals surface area contributed by atoms with E-state index in [4.69, 9.17) is 19.3 Å². The summed E-state index contributed by atoms with van der Waals surface area (Å²) in [6.45, 7) is 4.09. The van der Waals surface area contributed by atoms with Gasteiger partial charge < -0.3 is 19.3 Å². The lowest BCUT2D eigenvalue weighted by molar-refractivity contribution is -0.139. The fourth-order valence-electron chi connectivity index (χ4n) is 3.37. The van der Waals surface area contributed by atoms with Crippen LogP contribution < -0.4 is 19.5 Å². The fraction of sp³-hybridized carbons (Fsp3) is 0.280. The minimum Gasteiger partial charge on any atom is -0.490 e. The van der Waals surface area contributed by atoms with E-state index >= 15 is 0 Å². The van der Waals surface area contributed by atoms with Crippen molar-refractivity contribution in [3.8, 4) is 17.2 Å². The number of nitrogens with zero attached hydrogens (tertiary/aromatic N) is 1. The van der Waals surface area contributed by atoms with Gasteiger partial charge in [-0.3, -0.25) is 19.8 Å². The van der Waals surface area contributed by atoms with E-state index in [0.29, 0.717) is 44.8 Å². The Hall–Kier alpha value is -3.38. The molecule has 1 heterocycles. The highest BCUT2D eigenvalue weighted by molar-refractivity contribution is 9.11. The molecular formula is C25H24Br2N2O8. The first kappa shape index (κ1) is 28.2. The van der Waals surface area contributed by atoms with Crippen LogP contribution in [0.5, 0.6) is 17.2 Å². The zero-order valence-electron chi connectivity index (χ0n) is 20.0. The summed E-state index contributed by atoms with van der Waals surface area (Å²) >= 11 is 6.60. The predicted octanol–water partition coefficient (Wildman–Crippen LogP) is 4.52. The number of imide groups is 2. The molecule has 4 amide bonds. The molecule has 0 atom stereocenters. The van der Waals surface area contributed by atoms with Gasteiger partial charge in [0, 0.05) is 0 Å². The van der Waals surface area contributed by atoms with Crippen LogP contribution in [0.4, 0.5) is 4.79 Å². The molecule has 0 aliphatic carbocycles. The van der Waals surface area contributed by atoms with Gasteiger partial charge in [-0.2, -0.15) is 0 Å². The third-order valence-corrected chi connectivity index (χ3v) is 6.15. The van der Waals surface area contributed by atoms with Gasteiger partial charge in [-0.15, -0.1) is 0 Å². The molecule has 2 aromatic carbocycles. The quantitative estimate of drug-likeness (QED) is 0.271. The predicted molar refractivity (Wildman–Crippen MR) is 140 cm³/mol. The summed E-state index contributed by atoms with van der Waals surface area (Å²) in [5.74, 6) is -1.44. The Bertz CT molecular complexity index is 1240. The van der Waals surface area contributed by atoms with Crippen LogP contribution in [-0.2, 0) is 20.9 Å². The summed E-state index contributed by atoms with van der Waals surface area (Å²) in [5.41, 5.74) is 0.797. The smallest absolute Gasteiger partial charge is 0.341 e. The van der Waals surface area contributed by atoms with Crippen molar-refractivity contribution >= 4 is 61.8 Å². The first-order chi connectivity index (χ1) is 17.6. The molecule has 1 saturated heterocycles. The van der Waals surface area contributed by atoms with E-state index in [1.54, 1.807) is 30.3 Å². The largest absolute Gasteiger partial charge is 0.490 e. The number of rotatable bonds is 11. The molecule has 196 valence electrons. The zero-order chi connectivity index (χ0) is 27.1. The van der Waals surface area contributed by atoms with Gasteiger partial charge in [0.05, 0.1) is 28.7 Å². The van der Waals surface area contributed by atoms with E-state index in [1.807, 2.05) is 13.8 Å². The number of urea groups is 1. The van der Waals surface area contributed by atoms with Crippen molar-refractivity contribution in [2.45, 2.75) is 26.8 Å². The van der Waals surface area contributed by atoms with E-state index in [9.17, 15) is 19.2 Å². The Labute approximate surface area is 229 Å². The van der Waals surface area contributed by atoms with Crippen LogP contribution in [0.2, 0.25) is 0 Å². The van der Waals surface area contributed by atoms with Crippen LogP contribution in [0.1, 0.15) is 31.4 Å². The lowest BCUT2D eigenvalue weighted by atomic mass is 10.1. The van der Waals surface area contributed by atoms with Crippen molar-refractivity contribution in [1.29, 1.82) is 0 Å². The molecule has 12 heteroatoms. The van der Waals surface area contributed by atoms with E-state index in [2.05, 4.69) is 37.2 Å². The standard InChI is InChI=1S/C25H24Br2N2O8/c1-3-7-36-19-6-5-14(11-20(19)35-4-2)12-29-24(33)16(23(32)28-25(29)34)8-15-9-17(26)22(18(27)10-15)37-13-21(30)31/h5-6,8-11H,3-4,7,12-13H2,1-2H3,(H,30,31)(H,28,32,34)/b16-8+. The van der Waals surface area contributed by atoms with Crippen molar-refractivity contribution in [3.05, 3.63) is 56.0 Å². The number of carboxylic acid groups (broad SMARTS) is 1. The summed E-state index contributed by atoms with van der Waals surface area (Å²) in [6, 6.07) is 7.40. The molecule has 2 N–H and O–H groups in total. The number of benzene rings is 2. The number of carbonyl (C=O) groups excluding carboxylic acids is 3. The number of hydrogen-bond donors (Lipinski definition) is 2. The number of carbonyl (C=O) groups is 4. The Kier molecular flexibility index (Phi) is 9.70.